The number of benzene rings is 4. The van der Waals surface area contributed by atoms with Crippen LogP contribution in [0.15, 0.2) is 112 Å². The fraction of sp³-hybridized carbons (Fsp3) is 0.235. The summed E-state index contributed by atoms with van der Waals surface area (Å²) >= 11 is 3.46. The van der Waals surface area contributed by atoms with Gasteiger partial charge in [0.15, 0.2) is 0 Å². The number of nitrogens with zero attached hydrogens (tertiary/aromatic N) is 2. The number of rotatable bonds is 13. The van der Waals surface area contributed by atoms with Crippen molar-refractivity contribution in [1.82, 2.24) is 10.2 Å². The molecule has 2 amide bonds. The van der Waals surface area contributed by atoms with E-state index in [1.807, 2.05) is 68.4 Å². The van der Waals surface area contributed by atoms with Gasteiger partial charge in [0.05, 0.1) is 10.6 Å². The number of halogens is 1. The maximum absolute atomic E-state index is 14.1. The standard InChI is InChI=1S/C34H36BrN3O5S/c1-4-21-36-34(40)26(3)37(23-27-9-8-10-28(35)22-27)33(39)24-38(44(41,42)32-19-13-25(2)14-20-32)29-15-17-31(18-16-29)43-30-11-6-5-7-12-30/h5-20,22,26H,4,21,23-24H2,1-3H3,(H,36,40)/t26-/m1/s1. The van der Waals surface area contributed by atoms with Gasteiger partial charge in [-0.2, -0.15) is 0 Å². The van der Waals surface area contributed by atoms with Gasteiger partial charge in [-0.15, -0.1) is 0 Å². The van der Waals surface area contributed by atoms with Crippen molar-refractivity contribution in [2.24, 2.45) is 0 Å². The monoisotopic (exact) mass is 677 g/mol. The molecule has 44 heavy (non-hydrogen) atoms. The minimum absolute atomic E-state index is 0.0489. The van der Waals surface area contributed by atoms with Crippen molar-refractivity contribution >= 4 is 43.5 Å². The van der Waals surface area contributed by atoms with Crippen molar-refractivity contribution in [3.63, 3.8) is 0 Å². The van der Waals surface area contributed by atoms with Crippen LogP contribution in [0.1, 0.15) is 31.4 Å². The molecule has 4 aromatic carbocycles. The number of ether oxygens (including phenoxy) is 1. The molecule has 0 fully saturated rings. The summed E-state index contributed by atoms with van der Waals surface area (Å²) in [6.45, 7) is 5.52. The van der Waals surface area contributed by atoms with E-state index in [1.54, 1.807) is 43.3 Å². The van der Waals surface area contributed by atoms with Gasteiger partial charge in [-0.05, 0) is 86.5 Å². The third kappa shape index (κ3) is 8.48. The average Bonchev–Trinajstić information content (AvgIpc) is 3.02. The Balaban J connectivity index is 1.70. The Labute approximate surface area is 267 Å². The molecule has 4 aromatic rings. The Morgan fingerprint density at radius 2 is 1.55 bits per heavy atom. The minimum atomic E-state index is -4.17. The van der Waals surface area contributed by atoms with Crippen LogP contribution < -0.4 is 14.4 Å². The van der Waals surface area contributed by atoms with Gasteiger partial charge >= 0.3 is 0 Å². The number of amides is 2. The van der Waals surface area contributed by atoms with Gasteiger partial charge in [-0.1, -0.05) is 70.9 Å². The number of nitrogens with one attached hydrogen (secondary N) is 1. The summed E-state index contributed by atoms with van der Waals surface area (Å²) in [4.78, 5) is 28.6. The Kier molecular flexibility index (Phi) is 11.2. The highest BCUT2D eigenvalue weighted by molar-refractivity contribution is 9.10. The second kappa shape index (κ2) is 15.0. The number of hydrogen-bond donors (Lipinski definition) is 1. The van der Waals surface area contributed by atoms with E-state index in [0.717, 1.165) is 26.3 Å². The van der Waals surface area contributed by atoms with Gasteiger partial charge < -0.3 is 15.0 Å². The molecule has 1 atom stereocenters. The summed E-state index contributed by atoms with van der Waals surface area (Å²) in [5.74, 6) is 0.310. The van der Waals surface area contributed by atoms with E-state index in [4.69, 9.17) is 4.74 Å². The molecule has 10 heteroatoms. The van der Waals surface area contributed by atoms with E-state index in [2.05, 4.69) is 21.2 Å². The number of anilines is 1. The van der Waals surface area contributed by atoms with Crippen LogP contribution in [0, 0.1) is 6.92 Å². The summed E-state index contributed by atoms with van der Waals surface area (Å²) in [6.07, 6.45) is 0.741. The maximum Gasteiger partial charge on any atom is 0.264 e. The molecule has 230 valence electrons. The SMILES string of the molecule is CCCNC(=O)[C@@H](C)N(Cc1cccc(Br)c1)C(=O)CN(c1ccc(Oc2ccccc2)cc1)S(=O)(=O)c1ccc(C)cc1. The van der Waals surface area contributed by atoms with Crippen LogP contribution >= 0.6 is 15.9 Å². The topological polar surface area (TPSA) is 96.0 Å². The first-order chi connectivity index (χ1) is 21.1. The van der Waals surface area contributed by atoms with E-state index in [-0.39, 0.29) is 23.0 Å². The van der Waals surface area contributed by atoms with Gasteiger partial charge in [-0.3, -0.25) is 13.9 Å². The fourth-order valence-corrected chi connectivity index (χ4v) is 6.34. The molecule has 0 radical (unpaired) electrons. The Morgan fingerprint density at radius 3 is 2.18 bits per heavy atom. The lowest BCUT2D eigenvalue weighted by Crippen LogP contribution is -2.51. The fourth-order valence-electron chi connectivity index (χ4n) is 4.48. The lowest BCUT2D eigenvalue weighted by Gasteiger charge is -2.32. The van der Waals surface area contributed by atoms with Gasteiger partial charge in [0.1, 0.15) is 24.1 Å². The van der Waals surface area contributed by atoms with Crippen LogP contribution in [0.2, 0.25) is 0 Å². The van der Waals surface area contributed by atoms with Gasteiger partial charge in [-0.25, -0.2) is 8.42 Å². The predicted molar refractivity (Wildman–Crippen MR) is 176 cm³/mol. The number of para-hydroxylation sites is 1. The Bertz CT molecular complexity index is 1660. The second-order valence-corrected chi connectivity index (χ2v) is 13.1. The molecule has 0 saturated carbocycles. The zero-order valence-electron chi connectivity index (χ0n) is 24.9. The molecule has 0 aromatic heterocycles. The van der Waals surface area contributed by atoms with Crippen molar-refractivity contribution in [3.05, 3.63) is 119 Å². The van der Waals surface area contributed by atoms with E-state index in [0.29, 0.717) is 18.0 Å². The smallest absolute Gasteiger partial charge is 0.264 e. The van der Waals surface area contributed by atoms with Crippen molar-refractivity contribution in [1.29, 1.82) is 0 Å². The molecule has 0 heterocycles. The zero-order chi connectivity index (χ0) is 31.7. The predicted octanol–water partition coefficient (Wildman–Crippen LogP) is 6.69. The normalized spacial score (nSPS) is 11.8. The Hall–Kier alpha value is -4.15. The van der Waals surface area contributed by atoms with Crippen LogP contribution in [0.5, 0.6) is 11.5 Å². The highest BCUT2D eigenvalue weighted by Gasteiger charge is 2.32. The maximum atomic E-state index is 14.1. The van der Waals surface area contributed by atoms with E-state index >= 15 is 0 Å². The largest absolute Gasteiger partial charge is 0.457 e. The molecule has 4 rings (SSSR count). The van der Waals surface area contributed by atoms with Crippen LogP contribution in [0.3, 0.4) is 0 Å². The highest BCUT2D eigenvalue weighted by atomic mass is 79.9. The molecule has 0 unspecified atom stereocenters. The van der Waals surface area contributed by atoms with Gasteiger partial charge in [0, 0.05) is 17.6 Å². The van der Waals surface area contributed by atoms with Crippen molar-refractivity contribution in [3.8, 4) is 11.5 Å². The first kappa shape index (κ1) is 32.8. The molecule has 8 nitrogen and oxygen atoms in total. The third-order valence-corrected chi connectivity index (χ3v) is 9.23. The van der Waals surface area contributed by atoms with Gasteiger partial charge in [0.2, 0.25) is 11.8 Å². The second-order valence-electron chi connectivity index (χ2n) is 10.4. The number of hydrogen-bond acceptors (Lipinski definition) is 5. The first-order valence-electron chi connectivity index (χ1n) is 14.3. The van der Waals surface area contributed by atoms with Crippen molar-refractivity contribution in [2.45, 2.75) is 44.7 Å². The third-order valence-electron chi connectivity index (χ3n) is 6.95. The van der Waals surface area contributed by atoms with E-state index < -0.39 is 28.5 Å². The molecule has 0 aliphatic heterocycles. The first-order valence-corrected chi connectivity index (χ1v) is 16.6. The van der Waals surface area contributed by atoms with Crippen molar-refractivity contribution < 1.29 is 22.7 Å². The lowest BCUT2D eigenvalue weighted by molar-refractivity contribution is -0.139. The molecule has 0 bridgehead atoms. The summed E-state index contributed by atoms with van der Waals surface area (Å²) in [5.41, 5.74) is 1.98. The summed E-state index contributed by atoms with van der Waals surface area (Å²) < 4.78 is 35.9. The molecular weight excluding hydrogens is 642 g/mol. The van der Waals surface area contributed by atoms with E-state index in [1.165, 1.54) is 17.0 Å². The molecule has 0 saturated heterocycles. The van der Waals surface area contributed by atoms with Crippen LogP contribution in [0.4, 0.5) is 5.69 Å². The van der Waals surface area contributed by atoms with Gasteiger partial charge in [0.25, 0.3) is 10.0 Å². The quantitative estimate of drug-likeness (QED) is 0.170. The minimum Gasteiger partial charge on any atom is -0.457 e. The molecule has 0 aliphatic rings. The summed E-state index contributed by atoms with van der Waals surface area (Å²) in [7, 11) is -4.17. The summed E-state index contributed by atoms with van der Waals surface area (Å²) in [6, 6.07) is 28.8. The number of carbonyl (C=O) groups excluding carboxylic acids is 2. The number of carbonyl (C=O) groups is 2. The zero-order valence-corrected chi connectivity index (χ0v) is 27.3. The Morgan fingerprint density at radius 1 is 0.886 bits per heavy atom. The molecule has 0 aliphatic carbocycles. The van der Waals surface area contributed by atoms with Crippen LogP contribution in [-0.2, 0) is 26.2 Å². The molecule has 1 N–H and O–H groups in total. The number of sulfonamides is 1. The van der Waals surface area contributed by atoms with Crippen LogP contribution in [-0.4, -0.2) is 44.3 Å². The van der Waals surface area contributed by atoms with E-state index in [9.17, 15) is 18.0 Å². The summed E-state index contributed by atoms with van der Waals surface area (Å²) in [5, 5.41) is 2.85. The highest BCUT2D eigenvalue weighted by Crippen LogP contribution is 2.29. The average molecular weight is 679 g/mol. The van der Waals surface area contributed by atoms with Crippen LogP contribution in [0.25, 0.3) is 0 Å². The van der Waals surface area contributed by atoms with Crippen molar-refractivity contribution in [2.75, 3.05) is 17.4 Å². The number of aryl methyl sites for hydroxylation is 1. The lowest BCUT2D eigenvalue weighted by atomic mass is 10.1. The molecule has 0 spiro atoms. The molecular formula is C34H36BrN3O5S.